The number of nitrogens with one attached hydrogen (secondary N) is 1. The summed E-state index contributed by atoms with van der Waals surface area (Å²) < 4.78 is 2.08. The zero-order chi connectivity index (χ0) is 21.1. The van der Waals surface area contributed by atoms with Crippen LogP contribution in [0.3, 0.4) is 0 Å². The number of anilines is 1. The monoisotopic (exact) mass is 441 g/mol. The van der Waals surface area contributed by atoms with E-state index in [1.54, 1.807) is 17.8 Å². The zero-order valence-corrected chi connectivity index (χ0v) is 18.0. The van der Waals surface area contributed by atoms with E-state index in [0.717, 1.165) is 47.0 Å². The molecule has 0 unspecified atom stereocenters. The summed E-state index contributed by atoms with van der Waals surface area (Å²) in [6.07, 6.45) is 5.03. The third-order valence-corrected chi connectivity index (χ3v) is 6.60. The van der Waals surface area contributed by atoms with Crippen molar-refractivity contribution in [1.29, 1.82) is 0 Å². The van der Waals surface area contributed by atoms with Crippen LogP contribution >= 0.6 is 23.4 Å². The first-order valence-electron chi connectivity index (χ1n) is 9.99. The second-order valence-corrected chi connectivity index (χ2v) is 9.05. The Morgan fingerprint density at radius 2 is 1.90 bits per heavy atom. The molecule has 1 heterocycles. The van der Waals surface area contributed by atoms with Crippen molar-refractivity contribution in [3.8, 4) is 5.69 Å². The lowest BCUT2D eigenvalue weighted by atomic mass is 9.92. The summed E-state index contributed by atoms with van der Waals surface area (Å²) in [5.41, 5.74) is 7.76. The molecule has 0 radical (unpaired) electrons. The summed E-state index contributed by atoms with van der Waals surface area (Å²) in [6, 6.07) is 17.6. The smallest absolute Gasteiger partial charge is 0.250 e. The number of halogens is 1. The Hall–Kier alpha value is -2.41. The molecule has 0 aliphatic heterocycles. The van der Waals surface area contributed by atoms with Crippen molar-refractivity contribution in [2.75, 3.05) is 5.32 Å². The molecule has 1 saturated carbocycles. The van der Waals surface area contributed by atoms with E-state index < -0.39 is 5.91 Å². The molecule has 1 fully saturated rings. The van der Waals surface area contributed by atoms with Crippen molar-refractivity contribution < 1.29 is 9.90 Å². The van der Waals surface area contributed by atoms with Crippen LogP contribution in [0.2, 0.25) is 5.02 Å². The number of benzene rings is 2. The average molecular weight is 442 g/mol. The molecule has 0 bridgehead atoms. The highest BCUT2D eigenvalue weighted by atomic mass is 35.5. The van der Waals surface area contributed by atoms with Crippen LogP contribution in [-0.2, 0) is 0 Å². The minimum absolute atomic E-state index is 0.215. The number of hydrogen-bond acceptors (Lipinski definition) is 4. The lowest BCUT2D eigenvalue weighted by Gasteiger charge is -2.28. The molecule has 2 aromatic carbocycles. The summed E-state index contributed by atoms with van der Waals surface area (Å²) in [5.74, 6) is -0.457. The van der Waals surface area contributed by atoms with Gasteiger partial charge < -0.3 is 20.7 Å². The van der Waals surface area contributed by atoms with Gasteiger partial charge in [-0.05, 0) is 74.2 Å². The predicted octanol–water partition coefficient (Wildman–Crippen LogP) is 5.10. The predicted molar refractivity (Wildman–Crippen MR) is 122 cm³/mol. The first kappa shape index (κ1) is 20.8. The molecule has 1 aliphatic carbocycles. The minimum Gasteiger partial charge on any atom is -0.393 e. The average Bonchev–Trinajstić information content (AvgIpc) is 3.17. The summed E-state index contributed by atoms with van der Waals surface area (Å²) in [6.45, 7) is 0. The maximum absolute atomic E-state index is 12.0. The molecule has 1 aromatic heterocycles. The van der Waals surface area contributed by atoms with Gasteiger partial charge in [-0.1, -0.05) is 29.4 Å². The fourth-order valence-electron chi connectivity index (χ4n) is 3.77. The van der Waals surface area contributed by atoms with Gasteiger partial charge >= 0.3 is 0 Å². The summed E-state index contributed by atoms with van der Waals surface area (Å²) >= 11 is 7.74. The third-order valence-electron chi connectivity index (χ3n) is 5.33. The van der Waals surface area contributed by atoms with Gasteiger partial charge in [0.05, 0.1) is 16.7 Å². The van der Waals surface area contributed by atoms with E-state index in [1.807, 2.05) is 54.7 Å². The lowest BCUT2D eigenvalue weighted by Crippen LogP contribution is -2.29. The first-order valence-corrected chi connectivity index (χ1v) is 11.2. The van der Waals surface area contributed by atoms with Crippen LogP contribution in [-0.4, -0.2) is 27.7 Å². The zero-order valence-electron chi connectivity index (χ0n) is 16.4. The molecule has 7 heteroatoms. The fourth-order valence-corrected chi connectivity index (χ4v) is 5.01. The van der Waals surface area contributed by atoms with Gasteiger partial charge in [0.2, 0.25) is 0 Å². The number of amides is 1. The highest BCUT2D eigenvalue weighted by Gasteiger charge is 2.21. The van der Waals surface area contributed by atoms with Crippen molar-refractivity contribution in [2.45, 2.75) is 47.8 Å². The minimum atomic E-state index is -0.457. The van der Waals surface area contributed by atoms with Crippen molar-refractivity contribution in [3.63, 3.8) is 0 Å². The van der Waals surface area contributed by atoms with Gasteiger partial charge in [0.25, 0.3) is 5.91 Å². The number of primary amides is 1. The van der Waals surface area contributed by atoms with Crippen LogP contribution in [0.4, 0.5) is 5.69 Å². The Morgan fingerprint density at radius 1 is 1.10 bits per heavy atom. The van der Waals surface area contributed by atoms with E-state index in [2.05, 4.69) is 9.88 Å². The van der Waals surface area contributed by atoms with Crippen LogP contribution in [0.1, 0.15) is 36.0 Å². The molecule has 3 aromatic rings. The molecule has 0 saturated heterocycles. The molecule has 1 aliphatic rings. The van der Waals surface area contributed by atoms with Crippen LogP contribution < -0.4 is 11.1 Å². The second kappa shape index (κ2) is 9.16. The van der Waals surface area contributed by atoms with E-state index in [-0.39, 0.29) is 12.1 Å². The van der Waals surface area contributed by atoms with E-state index >= 15 is 0 Å². The van der Waals surface area contributed by atoms with Gasteiger partial charge in [0.15, 0.2) is 0 Å². The maximum Gasteiger partial charge on any atom is 0.250 e. The van der Waals surface area contributed by atoms with Crippen molar-refractivity contribution >= 4 is 35.0 Å². The molecule has 0 spiro atoms. The number of aliphatic hydroxyl groups is 1. The SMILES string of the molecule is NC(=O)c1ccc(-n2cccc2Sc2cccc(Cl)c2)cc1NC1CCC(O)CC1. The number of carbonyl (C=O) groups is 1. The van der Waals surface area contributed by atoms with Gasteiger partial charge in [-0.25, -0.2) is 0 Å². The Kier molecular flexibility index (Phi) is 6.37. The molecule has 1 amide bonds. The first-order chi connectivity index (χ1) is 14.5. The van der Waals surface area contributed by atoms with Gasteiger partial charge in [0, 0.05) is 33.5 Å². The maximum atomic E-state index is 12.0. The molecule has 30 heavy (non-hydrogen) atoms. The number of carbonyl (C=O) groups excluding carboxylic acids is 1. The van der Waals surface area contributed by atoms with Crippen molar-refractivity contribution in [3.05, 3.63) is 71.4 Å². The summed E-state index contributed by atoms with van der Waals surface area (Å²) in [5, 5.41) is 15.0. The van der Waals surface area contributed by atoms with Gasteiger partial charge in [0.1, 0.15) is 0 Å². The van der Waals surface area contributed by atoms with Crippen molar-refractivity contribution in [1.82, 2.24) is 4.57 Å². The van der Waals surface area contributed by atoms with Gasteiger partial charge in [-0.3, -0.25) is 4.79 Å². The van der Waals surface area contributed by atoms with E-state index in [9.17, 15) is 9.90 Å². The van der Waals surface area contributed by atoms with Gasteiger partial charge in [-0.2, -0.15) is 0 Å². The Balaban J connectivity index is 1.62. The largest absolute Gasteiger partial charge is 0.393 e. The van der Waals surface area contributed by atoms with Crippen LogP contribution in [0.15, 0.2) is 70.7 Å². The number of aliphatic hydroxyl groups excluding tert-OH is 1. The third kappa shape index (κ3) is 4.83. The van der Waals surface area contributed by atoms with E-state index in [1.165, 1.54) is 0 Å². The molecule has 156 valence electrons. The molecular formula is C23H24ClN3O2S. The standard InChI is InChI=1S/C23H24ClN3O2S/c24-15-3-1-4-19(13-15)30-22-5-2-12-27(22)17-8-11-20(23(25)29)21(14-17)26-16-6-9-18(28)10-7-16/h1-5,8,11-14,16,18,26,28H,6-7,9-10H2,(H2,25,29). The molecular weight excluding hydrogens is 418 g/mol. The molecule has 4 rings (SSSR count). The van der Waals surface area contributed by atoms with E-state index in [4.69, 9.17) is 17.3 Å². The molecule has 5 nitrogen and oxygen atoms in total. The van der Waals surface area contributed by atoms with Gasteiger partial charge in [-0.15, -0.1) is 0 Å². The number of nitrogens with two attached hydrogens (primary N) is 1. The Morgan fingerprint density at radius 3 is 2.63 bits per heavy atom. The highest BCUT2D eigenvalue weighted by Crippen LogP contribution is 2.33. The number of aromatic nitrogens is 1. The fraction of sp³-hybridized carbons (Fsp3) is 0.261. The lowest BCUT2D eigenvalue weighted by molar-refractivity contribution is 0.100. The highest BCUT2D eigenvalue weighted by molar-refractivity contribution is 7.99. The van der Waals surface area contributed by atoms with Crippen molar-refractivity contribution in [2.24, 2.45) is 5.73 Å². The molecule has 0 atom stereocenters. The summed E-state index contributed by atoms with van der Waals surface area (Å²) in [4.78, 5) is 13.0. The number of nitrogens with zero attached hydrogens (tertiary/aromatic N) is 1. The Bertz CT molecular complexity index is 1040. The van der Waals surface area contributed by atoms with Crippen LogP contribution in [0.25, 0.3) is 5.69 Å². The second-order valence-electron chi connectivity index (χ2n) is 7.52. The quantitative estimate of drug-likeness (QED) is 0.497. The Labute approximate surface area is 185 Å². The summed E-state index contributed by atoms with van der Waals surface area (Å²) in [7, 11) is 0. The number of rotatable bonds is 6. The van der Waals surface area contributed by atoms with Crippen LogP contribution in [0.5, 0.6) is 0 Å². The normalized spacial score (nSPS) is 18.9. The molecule has 4 N–H and O–H groups in total. The topological polar surface area (TPSA) is 80.3 Å². The van der Waals surface area contributed by atoms with Crippen LogP contribution in [0, 0.1) is 0 Å². The number of hydrogen-bond donors (Lipinski definition) is 3. The van der Waals surface area contributed by atoms with E-state index in [0.29, 0.717) is 10.6 Å².